The third-order valence-corrected chi connectivity index (χ3v) is 5.13. The van der Waals surface area contributed by atoms with E-state index in [0.717, 1.165) is 6.42 Å². The van der Waals surface area contributed by atoms with Crippen molar-refractivity contribution >= 4 is 17.9 Å². The maximum absolute atomic E-state index is 13.5. The predicted octanol–water partition coefficient (Wildman–Crippen LogP) is 3.38. The van der Waals surface area contributed by atoms with Crippen LogP contribution in [0.25, 0.3) is 0 Å². The summed E-state index contributed by atoms with van der Waals surface area (Å²) < 4.78 is 5.29. The molecule has 0 saturated heterocycles. The molecular weight excluding hydrogens is 406 g/mol. The van der Waals surface area contributed by atoms with E-state index in [1.165, 1.54) is 0 Å². The Hall–Kier alpha value is -3.01. The van der Waals surface area contributed by atoms with Gasteiger partial charge in [0.05, 0.1) is 0 Å². The lowest BCUT2D eigenvalue weighted by molar-refractivity contribution is -0.143. The summed E-state index contributed by atoms with van der Waals surface area (Å²) in [6.07, 6.45) is 5.58. The van der Waals surface area contributed by atoms with E-state index in [2.05, 4.69) is 16.6 Å². The molecule has 2 N–H and O–H groups in total. The fourth-order valence-corrected chi connectivity index (χ4v) is 3.51. The first-order valence-electron chi connectivity index (χ1n) is 11.0. The second-order valence-electron chi connectivity index (χ2n) is 9.73. The quantitative estimate of drug-likeness (QED) is 0.635. The van der Waals surface area contributed by atoms with Gasteiger partial charge in [-0.3, -0.25) is 9.59 Å². The van der Waals surface area contributed by atoms with E-state index in [0.29, 0.717) is 11.1 Å². The highest BCUT2D eigenvalue weighted by Crippen LogP contribution is 2.40. The second-order valence-corrected chi connectivity index (χ2v) is 9.73. The molecule has 4 atom stereocenters. The number of ether oxygens (including phenoxy) is 1. The van der Waals surface area contributed by atoms with Crippen molar-refractivity contribution in [1.82, 2.24) is 15.5 Å². The third-order valence-electron chi connectivity index (χ3n) is 5.13. The highest BCUT2D eigenvalue weighted by atomic mass is 16.6. The molecule has 0 radical (unpaired) electrons. The average Bonchev–Trinajstić information content (AvgIpc) is 3.39. The van der Waals surface area contributed by atoms with Crippen LogP contribution in [0.5, 0.6) is 0 Å². The maximum atomic E-state index is 13.5. The lowest BCUT2D eigenvalue weighted by atomic mass is 10.0. The normalized spacial score (nSPS) is 19.3. The number of nitrogens with one attached hydrogen (secondary N) is 2. The standard InChI is InChI=1S/C25H35N3O4/c1-9-18-10-12-19(13-11-18)21(22(29)26-15(2)3)28(20-14-16(20)4)23(30)17(5)27-24(31)32-25(6,7)8/h1,10-13,15-17,20-21H,14H2,2-8H3,(H,26,29)(H,27,31). The van der Waals surface area contributed by atoms with Crippen LogP contribution in [0.3, 0.4) is 0 Å². The van der Waals surface area contributed by atoms with Crippen molar-refractivity contribution in [2.24, 2.45) is 5.92 Å². The lowest BCUT2D eigenvalue weighted by Gasteiger charge is -2.34. The summed E-state index contributed by atoms with van der Waals surface area (Å²) in [5.74, 6) is 2.21. The van der Waals surface area contributed by atoms with Crippen molar-refractivity contribution < 1.29 is 19.1 Å². The molecule has 0 aliphatic heterocycles. The molecule has 1 saturated carbocycles. The number of hydrogen-bond donors (Lipinski definition) is 2. The van der Waals surface area contributed by atoms with Crippen LogP contribution in [0.1, 0.15) is 72.1 Å². The first-order chi connectivity index (χ1) is 14.8. The third kappa shape index (κ3) is 6.74. The Morgan fingerprint density at radius 2 is 1.69 bits per heavy atom. The molecular formula is C25H35N3O4. The molecule has 0 aromatic heterocycles. The fourth-order valence-electron chi connectivity index (χ4n) is 3.51. The van der Waals surface area contributed by atoms with Crippen molar-refractivity contribution in [2.75, 3.05) is 0 Å². The highest BCUT2D eigenvalue weighted by molar-refractivity contribution is 5.92. The Labute approximate surface area is 191 Å². The number of carbonyl (C=O) groups is 3. The van der Waals surface area contributed by atoms with Crippen LogP contribution >= 0.6 is 0 Å². The Bertz CT molecular complexity index is 880. The number of alkyl carbamates (subject to hydrolysis) is 1. The van der Waals surface area contributed by atoms with Crippen LogP contribution < -0.4 is 10.6 Å². The van der Waals surface area contributed by atoms with Crippen molar-refractivity contribution in [1.29, 1.82) is 0 Å². The second kappa shape index (κ2) is 10.1. The van der Waals surface area contributed by atoms with Gasteiger partial charge in [0, 0.05) is 17.6 Å². The lowest BCUT2D eigenvalue weighted by Crippen LogP contribution is -2.53. The van der Waals surface area contributed by atoms with Gasteiger partial charge in [0.15, 0.2) is 0 Å². The summed E-state index contributed by atoms with van der Waals surface area (Å²) in [6, 6.07) is 5.17. The molecule has 1 aromatic carbocycles. The van der Waals surface area contributed by atoms with Gasteiger partial charge >= 0.3 is 6.09 Å². The number of carbonyl (C=O) groups excluding carboxylic acids is 3. The molecule has 2 rings (SSSR count). The van der Waals surface area contributed by atoms with E-state index in [9.17, 15) is 14.4 Å². The van der Waals surface area contributed by atoms with E-state index >= 15 is 0 Å². The summed E-state index contributed by atoms with van der Waals surface area (Å²) in [5, 5.41) is 5.54. The predicted molar refractivity (Wildman–Crippen MR) is 124 cm³/mol. The zero-order chi connectivity index (χ0) is 24.2. The first kappa shape index (κ1) is 25.3. The van der Waals surface area contributed by atoms with Gasteiger partial charge in [-0.05, 0) is 71.6 Å². The van der Waals surface area contributed by atoms with E-state index in [1.54, 1.807) is 56.9 Å². The van der Waals surface area contributed by atoms with Gasteiger partial charge in [0.2, 0.25) is 11.8 Å². The molecule has 0 heterocycles. The molecule has 1 aromatic rings. The monoisotopic (exact) mass is 441 g/mol. The number of hydrogen-bond acceptors (Lipinski definition) is 4. The number of terminal acetylenes is 1. The Balaban J connectivity index is 2.37. The zero-order valence-electron chi connectivity index (χ0n) is 20.1. The van der Waals surface area contributed by atoms with Crippen molar-refractivity contribution in [3.63, 3.8) is 0 Å². The van der Waals surface area contributed by atoms with E-state index in [1.807, 2.05) is 20.8 Å². The number of amides is 3. The van der Waals surface area contributed by atoms with Crippen molar-refractivity contribution in [2.45, 2.75) is 84.7 Å². The summed E-state index contributed by atoms with van der Waals surface area (Å²) >= 11 is 0. The zero-order valence-corrected chi connectivity index (χ0v) is 20.1. The van der Waals surface area contributed by atoms with Crippen LogP contribution in [-0.4, -0.2) is 46.5 Å². The van der Waals surface area contributed by atoms with Gasteiger partial charge < -0.3 is 20.3 Å². The smallest absolute Gasteiger partial charge is 0.408 e. The Morgan fingerprint density at radius 3 is 2.12 bits per heavy atom. The van der Waals surface area contributed by atoms with Gasteiger partial charge in [-0.15, -0.1) is 6.42 Å². The summed E-state index contributed by atoms with van der Waals surface area (Å²) in [5.41, 5.74) is 0.671. The fraction of sp³-hybridized carbons (Fsp3) is 0.560. The SMILES string of the molecule is C#Cc1ccc(C(C(=O)NC(C)C)N(C(=O)C(C)NC(=O)OC(C)(C)C)C2CC2C)cc1. The van der Waals surface area contributed by atoms with Crippen LogP contribution in [0, 0.1) is 18.3 Å². The Kier molecular flexibility index (Phi) is 7.95. The van der Waals surface area contributed by atoms with Gasteiger partial charge in [0.1, 0.15) is 17.7 Å². The number of benzene rings is 1. The molecule has 0 bridgehead atoms. The minimum atomic E-state index is -0.864. The van der Waals surface area contributed by atoms with Crippen LogP contribution in [-0.2, 0) is 14.3 Å². The molecule has 32 heavy (non-hydrogen) atoms. The van der Waals surface area contributed by atoms with Crippen LogP contribution in [0.2, 0.25) is 0 Å². The Morgan fingerprint density at radius 1 is 1.12 bits per heavy atom. The van der Waals surface area contributed by atoms with Crippen molar-refractivity contribution in [3.8, 4) is 12.3 Å². The van der Waals surface area contributed by atoms with E-state index in [4.69, 9.17) is 11.2 Å². The molecule has 7 nitrogen and oxygen atoms in total. The highest BCUT2D eigenvalue weighted by Gasteiger charge is 2.47. The molecule has 174 valence electrons. The molecule has 3 amide bonds. The number of nitrogens with zero attached hydrogens (tertiary/aromatic N) is 1. The molecule has 1 fully saturated rings. The average molecular weight is 442 g/mol. The maximum Gasteiger partial charge on any atom is 0.408 e. The molecule has 0 spiro atoms. The first-order valence-corrected chi connectivity index (χ1v) is 11.0. The molecule has 1 aliphatic rings. The number of rotatable bonds is 7. The summed E-state index contributed by atoms with van der Waals surface area (Å²) in [7, 11) is 0. The summed E-state index contributed by atoms with van der Waals surface area (Å²) in [6.45, 7) is 12.6. The van der Waals surface area contributed by atoms with E-state index in [-0.39, 0.29) is 29.8 Å². The van der Waals surface area contributed by atoms with Gasteiger partial charge in [-0.25, -0.2) is 4.79 Å². The van der Waals surface area contributed by atoms with Crippen molar-refractivity contribution in [3.05, 3.63) is 35.4 Å². The minimum Gasteiger partial charge on any atom is -0.444 e. The van der Waals surface area contributed by atoms with Crippen LogP contribution in [0.15, 0.2) is 24.3 Å². The minimum absolute atomic E-state index is 0.0964. The van der Waals surface area contributed by atoms with Gasteiger partial charge in [-0.1, -0.05) is 25.0 Å². The van der Waals surface area contributed by atoms with Gasteiger partial charge in [0.25, 0.3) is 0 Å². The summed E-state index contributed by atoms with van der Waals surface area (Å²) in [4.78, 5) is 40.7. The molecule has 7 heteroatoms. The largest absolute Gasteiger partial charge is 0.444 e. The van der Waals surface area contributed by atoms with Gasteiger partial charge in [-0.2, -0.15) is 0 Å². The van der Waals surface area contributed by atoms with Crippen LogP contribution in [0.4, 0.5) is 4.79 Å². The molecule has 4 unspecified atom stereocenters. The van der Waals surface area contributed by atoms with E-state index < -0.39 is 23.8 Å². The molecule has 1 aliphatic carbocycles. The topological polar surface area (TPSA) is 87.7 Å².